The van der Waals surface area contributed by atoms with Crippen LogP contribution in [0.15, 0.2) is 144 Å². The predicted octanol–water partition coefficient (Wildman–Crippen LogP) is 9.32. The number of esters is 1. The Morgan fingerprint density at radius 3 is 1.56 bits per heavy atom. The average molecular weight is 1050 g/mol. The number of amides is 2. The number of nitro benzene ring substituents is 1. The summed E-state index contributed by atoms with van der Waals surface area (Å²) in [5.41, 5.74) is 3.58. The van der Waals surface area contributed by atoms with E-state index in [0.29, 0.717) is 5.56 Å². The number of nitro groups is 1. The van der Waals surface area contributed by atoms with Crippen molar-refractivity contribution in [2.75, 3.05) is 6.61 Å². The first kappa shape index (κ1) is 67.0. The molecule has 400 valence electrons. The van der Waals surface area contributed by atoms with Crippen LogP contribution >= 0.6 is 7.92 Å². The molecule has 5 rings (SSSR count). The SMILES string of the molecule is C.CCCCCCC(C)O.CCCCCCC(C)OC(=O)c1ccc([N+](=O)[O-])cc1.CCOC(=O)N=NC(=O)OCc1ccc(C)cc1.Cc1cccc(P(c2ccccc2)c2ccccc2)c1.[O-][Cl+3]([O-])([O-])[O-]. The van der Waals surface area contributed by atoms with Crippen molar-refractivity contribution < 1.29 is 67.5 Å². The largest absolute Gasteiger partial charge is 0.459 e. The van der Waals surface area contributed by atoms with Gasteiger partial charge in [0.1, 0.15) is 6.61 Å². The van der Waals surface area contributed by atoms with Gasteiger partial charge in [-0.15, -0.1) is 10.2 Å². The van der Waals surface area contributed by atoms with Gasteiger partial charge in [-0.2, -0.15) is 0 Å². The molecule has 0 spiro atoms. The van der Waals surface area contributed by atoms with E-state index in [1.54, 1.807) is 6.92 Å². The highest BCUT2D eigenvalue weighted by Crippen LogP contribution is 2.32. The monoisotopic (exact) mass is 1050 g/mol. The number of rotatable bonds is 19. The summed E-state index contributed by atoms with van der Waals surface area (Å²) in [5.74, 6) is -0.428. The van der Waals surface area contributed by atoms with Gasteiger partial charge in [0.2, 0.25) is 0 Å². The highest BCUT2D eigenvalue weighted by atomic mass is 35.7. The quantitative estimate of drug-likeness (QED) is 0.0154. The molecule has 0 aromatic heterocycles. The number of azo groups is 1. The topological polar surface area (TPSA) is 259 Å². The number of hydrogen-bond donors (Lipinski definition) is 1. The minimum absolute atomic E-state index is 0. The van der Waals surface area contributed by atoms with Gasteiger partial charge in [0, 0.05) is 12.1 Å². The molecule has 5 aromatic rings. The van der Waals surface area contributed by atoms with Gasteiger partial charge in [-0.3, -0.25) is 10.1 Å². The molecule has 1 N–H and O–H groups in total. The van der Waals surface area contributed by atoms with E-state index in [1.807, 2.05) is 45.0 Å². The molecule has 0 heterocycles. The zero-order chi connectivity index (χ0) is 53.7. The number of aryl methyl sites for hydroxylation is 2. The van der Waals surface area contributed by atoms with Crippen LogP contribution in [0, 0.1) is 34.2 Å². The van der Waals surface area contributed by atoms with E-state index in [2.05, 4.69) is 121 Å². The Kier molecular flexibility index (Phi) is 36.3. The number of nitrogens with zero attached hydrogens (tertiary/aromatic N) is 3. The van der Waals surface area contributed by atoms with Crippen LogP contribution in [-0.2, 0) is 20.8 Å². The second-order valence-corrected chi connectivity index (χ2v) is 19.2. The number of halogens is 1. The minimum atomic E-state index is -4.94. The van der Waals surface area contributed by atoms with Crippen molar-refractivity contribution in [1.82, 2.24) is 0 Å². The lowest BCUT2D eigenvalue weighted by Gasteiger charge is -2.19. The van der Waals surface area contributed by atoms with Crippen LogP contribution in [0.5, 0.6) is 0 Å². The van der Waals surface area contributed by atoms with Crippen molar-refractivity contribution in [3.63, 3.8) is 0 Å². The van der Waals surface area contributed by atoms with Gasteiger partial charge in [0.05, 0.1) is 29.3 Å². The number of aliphatic hydroxyl groups is 1. The number of non-ortho nitro benzene ring substituents is 1. The minimum Gasteiger partial charge on any atom is -0.459 e. The number of carbonyl (C=O) groups is 3. The third-order valence-electron chi connectivity index (χ3n) is 9.81. The Labute approximate surface area is 435 Å². The van der Waals surface area contributed by atoms with Crippen LogP contribution < -0.4 is 34.5 Å². The third-order valence-corrected chi connectivity index (χ3v) is 12.2. The lowest BCUT2D eigenvalue weighted by atomic mass is 10.1. The van der Waals surface area contributed by atoms with Crippen LogP contribution in [0.3, 0.4) is 0 Å². The van der Waals surface area contributed by atoms with Crippen molar-refractivity contribution in [3.05, 3.63) is 166 Å². The van der Waals surface area contributed by atoms with Gasteiger partial charge in [0.15, 0.2) is 0 Å². The van der Waals surface area contributed by atoms with E-state index in [0.717, 1.165) is 36.8 Å². The molecule has 0 aliphatic rings. The summed E-state index contributed by atoms with van der Waals surface area (Å²) in [5, 5.41) is 29.7. The molecule has 73 heavy (non-hydrogen) atoms. The lowest BCUT2D eigenvalue weighted by molar-refractivity contribution is -2.00. The summed E-state index contributed by atoms with van der Waals surface area (Å²) in [6, 6.07) is 43.5. The summed E-state index contributed by atoms with van der Waals surface area (Å²) in [7, 11) is -5.41. The molecular formula is C55H74ClN3O13P-. The van der Waals surface area contributed by atoms with Gasteiger partial charge in [-0.25, -0.2) is 33.0 Å². The lowest BCUT2D eigenvalue weighted by Crippen LogP contribution is -2.68. The summed E-state index contributed by atoms with van der Waals surface area (Å²) in [6.07, 6.45) is 9.38. The van der Waals surface area contributed by atoms with Gasteiger partial charge in [0.25, 0.3) is 5.69 Å². The first-order valence-corrected chi connectivity index (χ1v) is 26.4. The zero-order valence-electron chi connectivity index (χ0n) is 42.4. The molecule has 0 fully saturated rings. The predicted molar refractivity (Wildman–Crippen MR) is 277 cm³/mol. The van der Waals surface area contributed by atoms with Crippen LogP contribution in [0.2, 0.25) is 0 Å². The third kappa shape index (κ3) is 34.2. The molecular weight excluding hydrogens is 977 g/mol. The molecule has 18 heteroatoms. The van der Waals surface area contributed by atoms with Gasteiger partial charge in [-0.1, -0.05) is 197 Å². The highest BCUT2D eigenvalue weighted by molar-refractivity contribution is 7.79. The Balaban J connectivity index is 0.000000939. The summed E-state index contributed by atoms with van der Waals surface area (Å²) in [6.45, 7) is 14.1. The Bertz CT molecular complexity index is 2240. The zero-order valence-corrected chi connectivity index (χ0v) is 44.0. The number of benzene rings is 5. The van der Waals surface area contributed by atoms with Crippen molar-refractivity contribution in [1.29, 1.82) is 0 Å². The van der Waals surface area contributed by atoms with Crippen LogP contribution in [0.25, 0.3) is 0 Å². The van der Waals surface area contributed by atoms with Gasteiger partial charge >= 0.3 is 18.2 Å². The van der Waals surface area contributed by atoms with Crippen molar-refractivity contribution in [2.24, 2.45) is 10.2 Å². The molecule has 2 atom stereocenters. The maximum absolute atomic E-state index is 11.8. The maximum atomic E-state index is 11.8. The standard InChI is InChI=1S/C19H17P.C15H21NO4.C12H14N2O4.C8H18O.CH4.ClHO4/c1-16-9-8-14-19(15-16)20(17-10-4-2-5-11-17)18-12-6-3-7-13-18;1-3-4-5-6-7-12(2)20-15(17)13-8-10-14(11-9-13)16(18)19;1-3-17-11(15)13-14-12(16)18-8-10-6-4-9(2)5-7-10;1-3-4-5-6-7-8(2)9;;2-1(3,4)5/h2-15H,1H3;8-12H,3-7H2,1-2H3;4-7H,3,8H2,1-2H3;8-9H,3-7H2,1-2H3;1H4;(H,2,3,4,5)/p-1. The Morgan fingerprint density at radius 2 is 1.11 bits per heavy atom. The first-order chi connectivity index (χ1) is 34.3. The second kappa shape index (κ2) is 39.5. The number of carbonyl (C=O) groups excluding carboxylic acids is 3. The molecule has 0 radical (unpaired) electrons. The van der Waals surface area contributed by atoms with Crippen LogP contribution in [0.4, 0.5) is 15.3 Å². The normalized spacial score (nSPS) is 11.2. The van der Waals surface area contributed by atoms with E-state index in [9.17, 15) is 24.5 Å². The molecule has 2 amide bonds. The average Bonchev–Trinajstić information content (AvgIpc) is 3.34. The van der Waals surface area contributed by atoms with E-state index in [4.69, 9.17) is 33.2 Å². The Morgan fingerprint density at radius 1 is 0.630 bits per heavy atom. The maximum Gasteiger partial charge on any atom is 0.452 e. The van der Waals surface area contributed by atoms with E-state index in [1.165, 1.54) is 84.3 Å². The fourth-order valence-electron chi connectivity index (χ4n) is 6.21. The smallest absolute Gasteiger partial charge is 0.452 e. The summed E-state index contributed by atoms with van der Waals surface area (Å²) >= 11 is 0. The fraction of sp³-hybridized carbons (Fsp3) is 0.400. The molecule has 5 aromatic carbocycles. The second-order valence-electron chi connectivity index (χ2n) is 16.2. The van der Waals surface area contributed by atoms with E-state index in [-0.39, 0.29) is 38.5 Å². The summed E-state index contributed by atoms with van der Waals surface area (Å²) < 4.78 is 48.5. The van der Waals surface area contributed by atoms with Crippen LogP contribution in [-0.4, -0.2) is 47.0 Å². The molecule has 0 saturated heterocycles. The van der Waals surface area contributed by atoms with Gasteiger partial charge in [-0.05, 0) is 95.4 Å². The van der Waals surface area contributed by atoms with Crippen molar-refractivity contribution >= 4 is 47.7 Å². The van der Waals surface area contributed by atoms with Gasteiger partial charge < -0.3 is 19.3 Å². The molecule has 0 aliphatic heterocycles. The first-order valence-electron chi connectivity index (χ1n) is 23.8. The Hall–Kier alpha value is -5.97. The number of hydrogen-bond acceptors (Lipinski definition) is 13. The summed E-state index contributed by atoms with van der Waals surface area (Å²) in [4.78, 5) is 43.7. The molecule has 0 saturated carbocycles. The van der Waals surface area contributed by atoms with Crippen molar-refractivity contribution in [2.45, 2.75) is 139 Å². The van der Waals surface area contributed by atoms with Crippen LogP contribution in [0.1, 0.15) is 133 Å². The fourth-order valence-corrected chi connectivity index (χ4v) is 8.62. The number of unbranched alkanes of at least 4 members (excludes halogenated alkanes) is 6. The molecule has 0 aliphatic carbocycles. The number of ether oxygens (including phenoxy) is 3. The van der Waals surface area contributed by atoms with Crippen molar-refractivity contribution in [3.8, 4) is 0 Å². The number of aliphatic hydroxyl groups excluding tert-OH is 1. The highest BCUT2D eigenvalue weighted by Gasteiger charge is 2.16. The molecule has 2 unspecified atom stereocenters. The molecule has 0 bridgehead atoms. The van der Waals surface area contributed by atoms with E-state index >= 15 is 0 Å². The molecule has 16 nitrogen and oxygen atoms in total. The van der Waals surface area contributed by atoms with E-state index < -0.39 is 41.2 Å².